The molecule has 7 aromatic carbocycles. The standard InChI is InChI=1S/C56H47F3N2O9/c57-56(58,59)55(65)61-45-24-14-26-47(67-34-38-17-7-2-8-18-38)50(45)52(62)51-48(68-35-39-19-9-3-10-20-39)31-42(32-49(51)69-36-40-21-11-4-12-22-40)54(64)70-46-25-13-23-44(46)60-53(63)41-27-29-43(30-28-41)66-33-37-15-5-1-6-16-37/h1-12,14-22,24,26-32,44,46H,13,23,25,33-36H2,(H,60,63)(H,61,65)/t44-,46-/m1/s1. The van der Waals surface area contributed by atoms with Crippen molar-refractivity contribution in [3.63, 3.8) is 0 Å². The van der Waals surface area contributed by atoms with Crippen LogP contribution >= 0.6 is 0 Å². The highest BCUT2D eigenvalue weighted by molar-refractivity contribution is 6.19. The second-order valence-electron chi connectivity index (χ2n) is 16.4. The summed E-state index contributed by atoms with van der Waals surface area (Å²) in [5.74, 6) is -4.35. The number of ether oxygens (including phenoxy) is 5. The first-order chi connectivity index (χ1) is 34.0. The molecule has 356 valence electrons. The molecule has 1 fully saturated rings. The molecule has 0 radical (unpaired) electrons. The van der Waals surface area contributed by atoms with Gasteiger partial charge in [-0.2, -0.15) is 13.2 Å². The first-order valence-corrected chi connectivity index (χ1v) is 22.5. The predicted octanol–water partition coefficient (Wildman–Crippen LogP) is 11.2. The summed E-state index contributed by atoms with van der Waals surface area (Å²) in [5.41, 5.74) is 2.17. The molecule has 1 saturated carbocycles. The maximum Gasteiger partial charge on any atom is 0.471 e. The van der Waals surface area contributed by atoms with Crippen LogP contribution < -0.4 is 29.6 Å². The van der Waals surface area contributed by atoms with Gasteiger partial charge in [0.05, 0.1) is 22.9 Å². The van der Waals surface area contributed by atoms with Crippen LogP contribution in [0.3, 0.4) is 0 Å². The summed E-state index contributed by atoms with van der Waals surface area (Å²) in [5, 5.41) is 4.86. The topological polar surface area (TPSA) is 138 Å². The van der Waals surface area contributed by atoms with Crippen molar-refractivity contribution < 1.29 is 56.0 Å². The molecule has 2 N–H and O–H groups in total. The van der Waals surface area contributed by atoms with Gasteiger partial charge in [0.1, 0.15) is 61.1 Å². The number of hydrogen-bond donors (Lipinski definition) is 2. The molecule has 0 bridgehead atoms. The second kappa shape index (κ2) is 22.6. The van der Waals surface area contributed by atoms with Gasteiger partial charge in [-0.05, 0) is 90.0 Å². The summed E-state index contributed by atoms with van der Waals surface area (Å²) in [7, 11) is 0. The van der Waals surface area contributed by atoms with E-state index in [1.165, 1.54) is 24.3 Å². The van der Waals surface area contributed by atoms with Gasteiger partial charge in [-0.15, -0.1) is 0 Å². The summed E-state index contributed by atoms with van der Waals surface area (Å²) in [6, 6.07) is 49.2. The van der Waals surface area contributed by atoms with Crippen LogP contribution in [-0.4, -0.2) is 41.9 Å². The number of benzene rings is 7. The molecule has 0 heterocycles. The summed E-state index contributed by atoms with van der Waals surface area (Å²) in [6.45, 7) is 0.0546. The van der Waals surface area contributed by atoms with Crippen LogP contribution in [0.15, 0.2) is 176 Å². The van der Waals surface area contributed by atoms with Crippen LogP contribution in [0.5, 0.6) is 23.0 Å². The van der Waals surface area contributed by atoms with Gasteiger partial charge >= 0.3 is 18.1 Å². The first kappa shape index (κ1) is 48.1. The Bertz CT molecular complexity index is 2840. The fraction of sp³-hybridized carbons (Fsp3) is 0.179. The van der Waals surface area contributed by atoms with E-state index in [2.05, 4.69) is 5.32 Å². The fourth-order valence-corrected chi connectivity index (χ4v) is 7.81. The van der Waals surface area contributed by atoms with E-state index in [0.29, 0.717) is 53.9 Å². The Labute approximate surface area is 402 Å². The van der Waals surface area contributed by atoms with Crippen LogP contribution in [0.4, 0.5) is 18.9 Å². The molecule has 1 aliphatic rings. The number of carbonyl (C=O) groups excluding carboxylic acids is 4. The molecule has 0 unspecified atom stereocenters. The molecule has 0 saturated heterocycles. The largest absolute Gasteiger partial charge is 0.489 e. The third kappa shape index (κ3) is 12.6. The molecule has 2 amide bonds. The highest BCUT2D eigenvalue weighted by Gasteiger charge is 2.40. The van der Waals surface area contributed by atoms with Crippen molar-refractivity contribution in [3.05, 3.63) is 220 Å². The number of hydrogen-bond acceptors (Lipinski definition) is 9. The molecule has 0 aliphatic heterocycles. The number of ketones is 1. The van der Waals surface area contributed by atoms with Crippen molar-refractivity contribution in [2.75, 3.05) is 5.32 Å². The highest BCUT2D eigenvalue weighted by atomic mass is 19.4. The van der Waals surface area contributed by atoms with E-state index in [9.17, 15) is 27.6 Å². The molecule has 8 rings (SSSR count). The lowest BCUT2D eigenvalue weighted by atomic mass is 9.97. The van der Waals surface area contributed by atoms with Crippen molar-refractivity contribution in [2.45, 2.75) is 64.0 Å². The maximum absolute atomic E-state index is 15.3. The van der Waals surface area contributed by atoms with E-state index < -0.39 is 47.2 Å². The van der Waals surface area contributed by atoms with Gasteiger partial charge in [0, 0.05) is 5.56 Å². The van der Waals surface area contributed by atoms with Gasteiger partial charge < -0.3 is 34.3 Å². The smallest absolute Gasteiger partial charge is 0.471 e. The molecule has 11 nitrogen and oxygen atoms in total. The number of anilines is 1. The average molecular weight is 949 g/mol. The number of halogens is 3. The van der Waals surface area contributed by atoms with E-state index in [-0.39, 0.29) is 54.1 Å². The van der Waals surface area contributed by atoms with Gasteiger partial charge in [0.25, 0.3) is 5.91 Å². The lowest BCUT2D eigenvalue weighted by Gasteiger charge is -2.23. The van der Waals surface area contributed by atoms with E-state index in [0.717, 1.165) is 11.6 Å². The Morgan fingerprint density at radius 1 is 0.514 bits per heavy atom. The average Bonchev–Trinajstić information content (AvgIpc) is 3.82. The fourth-order valence-electron chi connectivity index (χ4n) is 7.81. The third-order valence-corrected chi connectivity index (χ3v) is 11.4. The molecular weight excluding hydrogens is 902 g/mol. The monoisotopic (exact) mass is 948 g/mol. The van der Waals surface area contributed by atoms with Gasteiger partial charge in [-0.3, -0.25) is 14.4 Å². The zero-order valence-electron chi connectivity index (χ0n) is 37.7. The van der Waals surface area contributed by atoms with E-state index in [1.54, 1.807) is 103 Å². The Balaban J connectivity index is 1.12. The zero-order valence-corrected chi connectivity index (χ0v) is 37.7. The van der Waals surface area contributed by atoms with E-state index >= 15 is 4.79 Å². The molecule has 7 aromatic rings. The number of esters is 1. The Morgan fingerprint density at radius 2 is 1.00 bits per heavy atom. The minimum absolute atomic E-state index is 0.0787. The minimum atomic E-state index is -5.30. The van der Waals surface area contributed by atoms with Crippen molar-refractivity contribution in [3.8, 4) is 23.0 Å². The summed E-state index contributed by atoms with van der Waals surface area (Å²) in [4.78, 5) is 55.6. The third-order valence-electron chi connectivity index (χ3n) is 11.4. The maximum atomic E-state index is 15.3. The van der Waals surface area contributed by atoms with Gasteiger partial charge in [0.2, 0.25) is 5.78 Å². The van der Waals surface area contributed by atoms with Crippen molar-refractivity contribution in [1.29, 1.82) is 0 Å². The van der Waals surface area contributed by atoms with Gasteiger partial charge in [-0.25, -0.2) is 4.79 Å². The van der Waals surface area contributed by atoms with Gasteiger partial charge in [-0.1, -0.05) is 127 Å². The highest BCUT2D eigenvalue weighted by Crippen LogP contribution is 2.40. The van der Waals surface area contributed by atoms with Gasteiger partial charge in [0.15, 0.2) is 0 Å². The quantitative estimate of drug-likeness (QED) is 0.0599. The van der Waals surface area contributed by atoms with Crippen LogP contribution in [0.25, 0.3) is 0 Å². The van der Waals surface area contributed by atoms with E-state index in [4.69, 9.17) is 23.7 Å². The van der Waals surface area contributed by atoms with Crippen LogP contribution in [0.2, 0.25) is 0 Å². The number of amides is 2. The number of nitrogens with one attached hydrogen (secondary N) is 2. The van der Waals surface area contributed by atoms with Crippen molar-refractivity contribution in [1.82, 2.24) is 5.32 Å². The van der Waals surface area contributed by atoms with Crippen molar-refractivity contribution >= 4 is 29.3 Å². The lowest BCUT2D eigenvalue weighted by molar-refractivity contribution is -0.167. The Hall–Kier alpha value is -8.39. The first-order valence-electron chi connectivity index (χ1n) is 22.5. The number of alkyl halides is 3. The van der Waals surface area contributed by atoms with E-state index in [1.807, 2.05) is 47.8 Å². The predicted molar refractivity (Wildman–Crippen MR) is 255 cm³/mol. The molecule has 14 heteroatoms. The second-order valence-corrected chi connectivity index (χ2v) is 16.4. The van der Waals surface area contributed by atoms with Crippen LogP contribution in [0.1, 0.15) is 78.2 Å². The molecule has 0 aromatic heterocycles. The summed E-state index contributed by atoms with van der Waals surface area (Å²) >= 11 is 0. The van der Waals surface area contributed by atoms with Crippen LogP contribution in [0, 0.1) is 0 Å². The molecule has 2 atom stereocenters. The zero-order chi connectivity index (χ0) is 48.9. The minimum Gasteiger partial charge on any atom is -0.489 e. The molecule has 1 aliphatic carbocycles. The normalized spacial score (nSPS) is 14.2. The molecule has 70 heavy (non-hydrogen) atoms. The molecular formula is C56H47F3N2O9. The lowest BCUT2D eigenvalue weighted by Crippen LogP contribution is -2.42. The Kier molecular flexibility index (Phi) is 15.5. The van der Waals surface area contributed by atoms with Crippen molar-refractivity contribution in [2.24, 2.45) is 0 Å². The number of rotatable bonds is 19. The molecule has 0 spiro atoms. The number of carbonyl (C=O) groups is 4. The van der Waals surface area contributed by atoms with Crippen LogP contribution in [-0.2, 0) is 36.0 Å². The Morgan fingerprint density at radius 3 is 1.50 bits per heavy atom. The summed E-state index contributed by atoms with van der Waals surface area (Å²) < 4.78 is 72.1. The SMILES string of the molecule is O=C(N[C@@H]1CCC[C@H]1OC(=O)c1cc(OCc2ccccc2)c(C(=O)c2c(NC(=O)C(F)(F)F)cccc2OCc2ccccc2)c(OCc2ccccc2)c1)c1ccc(OCc2ccccc2)cc1. The summed E-state index contributed by atoms with van der Waals surface area (Å²) in [6.07, 6.45) is -4.41.